The fraction of sp³-hybridized carbons (Fsp3) is 0.233. The fourth-order valence-electron chi connectivity index (χ4n) is 4.72. The molecular weight excluding hydrogens is 432 g/mol. The van der Waals surface area contributed by atoms with Gasteiger partial charge in [0.05, 0.1) is 5.69 Å². The zero-order valence-electron chi connectivity index (χ0n) is 19.8. The molecule has 0 spiro atoms. The number of anilines is 2. The third-order valence-corrected chi connectivity index (χ3v) is 6.57. The van der Waals surface area contributed by atoms with Crippen LogP contribution in [0.2, 0.25) is 0 Å². The van der Waals surface area contributed by atoms with Gasteiger partial charge in [-0.1, -0.05) is 72.8 Å². The Morgan fingerprint density at radius 1 is 0.771 bits per heavy atom. The number of aromatic nitrogens is 2. The Kier molecular flexibility index (Phi) is 7.13. The van der Waals surface area contributed by atoms with Crippen molar-refractivity contribution in [3.63, 3.8) is 0 Å². The quantitative estimate of drug-likeness (QED) is 0.350. The van der Waals surface area contributed by atoms with Gasteiger partial charge < -0.3 is 10.2 Å². The molecule has 1 saturated heterocycles. The van der Waals surface area contributed by atoms with E-state index in [-0.39, 0.29) is 11.8 Å². The van der Waals surface area contributed by atoms with Crippen LogP contribution in [0.3, 0.4) is 0 Å². The van der Waals surface area contributed by atoms with Crippen LogP contribution in [0.25, 0.3) is 11.3 Å². The summed E-state index contributed by atoms with van der Waals surface area (Å²) >= 11 is 0. The Morgan fingerprint density at radius 2 is 1.46 bits per heavy atom. The number of rotatable bonds is 7. The van der Waals surface area contributed by atoms with Crippen molar-refractivity contribution < 1.29 is 4.79 Å². The number of nitrogens with one attached hydrogen (secondary N) is 1. The first kappa shape index (κ1) is 22.8. The first-order valence-electron chi connectivity index (χ1n) is 12.3. The number of benzene rings is 3. The summed E-state index contributed by atoms with van der Waals surface area (Å²) in [6, 6.07) is 32.3. The summed E-state index contributed by atoms with van der Waals surface area (Å²) in [5.74, 6) is 0.908. The average molecular weight is 463 g/mol. The highest BCUT2D eigenvalue weighted by molar-refractivity contribution is 5.92. The molecule has 1 N–H and O–H groups in total. The number of amides is 1. The summed E-state index contributed by atoms with van der Waals surface area (Å²) in [5, 5.41) is 12.0. The number of hydrogen-bond acceptors (Lipinski definition) is 4. The summed E-state index contributed by atoms with van der Waals surface area (Å²) in [4.78, 5) is 15.4. The van der Waals surface area contributed by atoms with Gasteiger partial charge in [0, 0.05) is 36.7 Å². The highest BCUT2D eigenvalue weighted by atomic mass is 16.1. The van der Waals surface area contributed by atoms with Gasteiger partial charge in [-0.2, -0.15) is 0 Å². The molecule has 3 aromatic carbocycles. The van der Waals surface area contributed by atoms with E-state index in [2.05, 4.69) is 44.7 Å². The van der Waals surface area contributed by atoms with Crippen LogP contribution in [0.5, 0.6) is 0 Å². The van der Waals surface area contributed by atoms with E-state index in [0.717, 1.165) is 47.0 Å². The molecule has 4 aromatic rings. The van der Waals surface area contributed by atoms with Gasteiger partial charge >= 0.3 is 0 Å². The minimum Gasteiger partial charge on any atom is -0.355 e. The standard InChI is InChI=1S/C30H30N4O/c35-30(22-27(23-11-4-1-5-12-23)24-13-6-2-7-14-24)31-26-16-10-15-25(21-26)28-17-18-29(33-32-28)34-19-8-3-9-20-34/h1-2,4-7,10-18,21,27H,3,8-9,19-20,22H2,(H,31,35). The van der Waals surface area contributed by atoms with Crippen molar-refractivity contribution >= 4 is 17.4 Å². The normalized spacial score (nSPS) is 13.6. The molecule has 5 heteroatoms. The Balaban J connectivity index is 1.29. The van der Waals surface area contributed by atoms with Crippen LogP contribution < -0.4 is 10.2 Å². The van der Waals surface area contributed by atoms with Crippen LogP contribution >= 0.6 is 0 Å². The first-order valence-corrected chi connectivity index (χ1v) is 12.3. The van der Waals surface area contributed by atoms with Crippen LogP contribution in [0.15, 0.2) is 97.1 Å². The molecule has 5 rings (SSSR count). The van der Waals surface area contributed by atoms with Crippen LogP contribution in [0, 0.1) is 0 Å². The van der Waals surface area contributed by atoms with E-state index in [0.29, 0.717) is 6.42 Å². The van der Waals surface area contributed by atoms with E-state index in [4.69, 9.17) is 0 Å². The molecule has 0 bridgehead atoms. The van der Waals surface area contributed by atoms with E-state index in [1.807, 2.05) is 72.8 Å². The van der Waals surface area contributed by atoms with E-state index >= 15 is 0 Å². The number of hydrogen-bond donors (Lipinski definition) is 1. The van der Waals surface area contributed by atoms with Crippen LogP contribution in [-0.2, 0) is 4.79 Å². The van der Waals surface area contributed by atoms with E-state index in [1.165, 1.54) is 19.3 Å². The van der Waals surface area contributed by atoms with E-state index in [9.17, 15) is 4.79 Å². The van der Waals surface area contributed by atoms with Gasteiger partial charge in [-0.25, -0.2) is 0 Å². The molecule has 2 heterocycles. The molecule has 1 amide bonds. The second-order valence-corrected chi connectivity index (χ2v) is 9.03. The third-order valence-electron chi connectivity index (χ3n) is 6.57. The van der Waals surface area contributed by atoms with E-state index in [1.54, 1.807) is 0 Å². The van der Waals surface area contributed by atoms with Gasteiger partial charge in [0.15, 0.2) is 5.82 Å². The van der Waals surface area contributed by atoms with Crippen molar-refractivity contribution in [3.8, 4) is 11.3 Å². The Hall–Kier alpha value is -3.99. The van der Waals surface area contributed by atoms with Crippen molar-refractivity contribution in [2.24, 2.45) is 0 Å². The average Bonchev–Trinajstić information content (AvgIpc) is 2.93. The van der Waals surface area contributed by atoms with Gasteiger partial charge in [-0.05, 0) is 54.7 Å². The SMILES string of the molecule is O=C(CC(c1ccccc1)c1ccccc1)Nc1cccc(-c2ccc(N3CCCCC3)nn2)c1. The maximum absolute atomic E-state index is 13.1. The summed E-state index contributed by atoms with van der Waals surface area (Å²) < 4.78 is 0. The Morgan fingerprint density at radius 3 is 2.09 bits per heavy atom. The minimum absolute atomic E-state index is 0.00576. The highest BCUT2D eigenvalue weighted by Crippen LogP contribution is 2.29. The molecule has 0 unspecified atom stereocenters. The molecule has 176 valence electrons. The summed E-state index contributed by atoms with van der Waals surface area (Å²) in [6.45, 7) is 2.09. The maximum Gasteiger partial charge on any atom is 0.225 e. The molecule has 1 fully saturated rings. The zero-order valence-corrected chi connectivity index (χ0v) is 19.8. The van der Waals surface area contributed by atoms with Crippen LogP contribution in [0.4, 0.5) is 11.5 Å². The molecule has 35 heavy (non-hydrogen) atoms. The molecule has 1 aromatic heterocycles. The Bertz CT molecular complexity index is 1200. The van der Waals surface area contributed by atoms with Crippen molar-refractivity contribution in [2.45, 2.75) is 31.6 Å². The first-order chi connectivity index (χ1) is 17.3. The summed E-state index contributed by atoms with van der Waals surface area (Å²) in [7, 11) is 0. The number of piperidine rings is 1. The number of carbonyl (C=O) groups is 1. The molecule has 0 aliphatic carbocycles. The Labute approximate surface area is 206 Å². The monoisotopic (exact) mass is 462 g/mol. The lowest BCUT2D eigenvalue weighted by Gasteiger charge is -2.27. The molecule has 5 nitrogen and oxygen atoms in total. The fourth-order valence-corrected chi connectivity index (χ4v) is 4.72. The predicted octanol–water partition coefficient (Wildman–Crippen LogP) is 6.29. The lowest BCUT2D eigenvalue weighted by atomic mass is 9.88. The van der Waals surface area contributed by atoms with E-state index < -0.39 is 0 Å². The second kappa shape index (κ2) is 11.0. The lowest BCUT2D eigenvalue weighted by Crippen LogP contribution is -2.30. The molecule has 0 atom stereocenters. The smallest absolute Gasteiger partial charge is 0.225 e. The van der Waals surface area contributed by atoms with Crippen molar-refractivity contribution in [1.82, 2.24) is 10.2 Å². The van der Waals surface area contributed by atoms with Crippen molar-refractivity contribution in [1.29, 1.82) is 0 Å². The van der Waals surface area contributed by atoms with Crippen molar-refractivity contribution in [3.05, 3.63) is 108 Å². The van der Waals surface area contributed by atoms with Crippen molar-refractivity contribution in [2.75, 3.05) is 23.3 Å². The molecule has 1 aliphatic rings. The predicted molar refractivity (Wildman–Crippen MR) is 142 cm³/mol. The number of carbonyl (C=O) groups excluding carboxylic acids is 1. The second-order valence-electron chi connectivity index (χ2n) is 9.03. The van der Waals surface area contributed by atoms with Gasteiger partial charge in [0.2, 0.25) is 5.91 Å². The van der Waals surface area contributed by atoms with Crippen LogP contribution in [0.1, 0.15) is 42.7 Å². The third kappa shape index (κ3) is 5.75. The maximum atomic E-state index is 13.1. The van der Waals surface area contributed by atoms with Gasteiger partial charge in [-0.3, -0.25) is 4.79 Å². The molecular formula is C30H30N4O. The van der Waals surface area contributed by atoms with Gasteiger partial charge in [0.25, 0.3) is 0 Å². The summed E-state index contributed by atoms with van der Waals surface area (Å²) in [5.41, 5.74) is 4.75. The van der Waals surface area contributed by atoms with Crippen LogP contribution in [-0.4, -0.2) is 29.2 Å². The molecule has 0 saturated carbocycles. The molecule has 0 radical (unpaired) electrons. The largest absolute Gasteiger partial charge is 0.355 e. The summed E-state index contributed by atoms with van der Waals surface area (Å²) in [6.07, 6.45) is 4.07. The zero-order chi connectivity index (χ0) is 23.9. The topological polar surface area (TPSA) is 58.1 Å². The highest BCUT2D eigenvalue weighted by Gasteiger charge is 2.18. The molecule has 1 aliphatic heterocycles. The minimum atomic E-state index is -0.0219. The van der Waals surface area contributed by atoms with Gasteiger partial charge in [0.1, 0.15) is 0 Å². The lowest BCUT2D eigenvalue weighted by molar-refractivity contribution is -0.116. The van der Waals surface area contributed by atoms with Gasteiger partial charge in [-0.15, -0.1) is 10.2 Å². The number of nitrogens with zero attached hydrogens (tertiary/aromatic N) is 3.